The normalized spacial score (nSPS) is 15.8. The summed E-state index contributed by atoms with van der Waals surface area (Å²) in [6, 6.07) is 9.19. The Kier molecular flexibility index (Phi) is 5.34. The standard InChI is InChI=1S/C17H20F2O4/c1-16(11-18,12-19)23-14(20)9-17(7-8-17)15(21)22-10-13-5-3-2-4-6-13/h2-6H,7-12H2,1H3. The number of rotatable bonds is 8. The Bertz CT molecular complexity index is 551. The molecule has 0 atom stereocenters. The van der Waals surface area contributed by atoms with Crippen LogP contribution in [0, 0.1) is 5.41 Å². The van der Waals surface area contributed by atoms with E-state index in [4.69, 9.17) is 9.47 Å². The highest BCUT2D eigenvalue weighted by molar-refractivity contribution is 5.86. The van der Waals surface area contributed by atoms with Crippen molar-refractivity contribution in [2.45, 2.75) is 38.4 Å². The molecule has 2 rings (SSSR count). The van der Waals surface area contributed by atoms with E-state index in [0.29, 0.717) is 12.8 Å². The van der Waals surface area contributed by atoms with Gasteiger partial charge in [0.1, 0.15) is 20.0 Å². The summed E-state index contributed by atoms with van der Waals surface area (Å²) in [6.07, 6.45) is 0.811. The van der Waals surface area contributed by atoms with Gasteiger partial charge in [-0.3, -0.25) is 9.59 Å². The molecule has 1 aliphatic rings. The molecule has 23 heavy (non-hydrogen) atoms. The van der Waals surface area contributed by atoms with Gasteiger partial charge in [0.15, 0.2) is 5.60 Å². The third-order valence-electron chi connectivity index (χ3n) is 3.91. The van der Waals surface area contributed by atoms with Crippen molar-refractivity contribution >= 4 is 11.9 Å². The van der Waals surface area contributed by atoms with Crippen LogP contribution >= 0.6 is 0 Å². The maximum absolute atomic E-state index is 12.7. The molecular weight excluding hydrogens is 306 g/mol. The lowest BCUT2D eigenvalue weighted by Crippen LogP contribution is -2.37. The summed E-state index contributed by atoms with van der Waals surface area (Å²) in [7, 11) is 0. The topological polar surface area (TPSA) is 52.6 Å². The summed E-state index contributed by atoms with van der Waals surface area (Å²) >= 11 is 0. The molecule has 0 radical (unpaired) electrons. The van der Waals surface area contributed by atoms with Gasteiger partial charge in [-0.1, -0.05) is 30.3 Å². The Morgan fingerprint density at radius 2 is 1.78 bits per heavy atom. The third kappa shape index (κ3) is 4.50. The lowest BCUT2D eigenvalue weighted by molar-refractivity contribution is -0.168. The van der Waals surface area contributed by atoms with Gasteiger partial charge in [0.05, 0.1) is 11.8 Å². The van der Waals surface area contributed by atoms with Gasteiger partial charge in [-0.05, 0) is 25.3 Å². The average molecular weight is 326 g/mol. The van der Waals surface area contributed by atoms with Gasteiger partial charge >= 0.3 is 11.9 Å². The smallest absolute Gasteiger partial charge is 0.313 e. The van der Waals surface area contributed by atoms with Crippen LogP contribution in [0.5, 0.6) is 0 Å². The second-order valence-corrected chi connectivity index (χ2v) is 6.21. The van der Waals surface area contributed by atoms with Crippen molar-refractivity contribution in [3.05, 3.63) is 35.9 Å². The number of ether oxygens (including phenoxy) is 2. The number of halogens is 2. The van der Waals surface area contributed by atoms with Crippen molar-refractivity contribution < 1.29 is 27.8 Å². The predicted molar refractivity (Wildman–Crippen MR) is 79.0 cm³/mol. The molecule has 0 bridgehead atoms. The Hall–Kier alpha value is -1.98. The maximum atomic E-state index is 12.7. The molecule has 0 saturated heterocycles. The van der Waals surface area contributed by atoms with Crippen LogP contribution in [0.4, 0.5) is 8.78 Å². The molecule has 0 amide bonds. The maximum Gasteiger partial charge on any atom is 0.313 e. The van der Waals surface area contributed by atoms with Gasteiger partial charge in [0, 0.05) is 0 Å². The van der Waals surface area contributed by atoms with Crippen LogP contribution in [0.1, 0.15) is 31.7 Å². The number of hydrogen-bond donors (Lipinski definition) is 0. The molecule has 126 valence electrons. The minimum atomic E-state index is -1.78. The van der Waals surface area contributed by atoms with Gasteiger partial charge in [-0.25, -0.2) is 8.78 Å². The molecule has 1 aromatic carbocycles. The van der Waals surface area contributed by atoms with E-state index in [-0.39, 0.29) is 13.0 Å². The lowest BCUT2D eigenvalue weighted by atomic mass is 10.0. The van der Waals surface area contributed by atoms with Crippen molar-refractivity contribution in [3.63, 3.8) is 0 Å². The van der Waals surface area contributed by atoms with E-state index in [1.54, 1.807) is 0 Å². The van der Waals surface area contributed by atoms with E-state index in [1.165, 1.54) is 6.92 Å². The van der Waals surface area contributed by atoms with Gasteiger partial charge in [-0.2, -0.15) is 0 Å². The number of benzene rings is 1. The first kappa shape index (κ1) is 17.4. The van der Waals surface area contributed by atoms with Crippen LogP contribution in [0.3, 0.4) is 0 Å². The molecule has 1 aliphatic carbocycles. The minimum absolute atomic E-state index is 0.128. The van der Waals surface area contributed by atoms with Crippen LogP contribution in [0.2, 0.25) is 0 Å². The Labute approximate surface area is 133 Å². The Balaban J connectivity index is 1.86. The van der Waals surface area contributed by atoms with Crippen molar-refractivity contribution in [2.75, 3.05) is 13.3 Å². The van der Waals surface area contributed by atoms with E-state index in [9.17, 15) is 18.4 Å². The fourth-order valence-corrected chi connectivity index (χ4v) is 2.16. The van der Waals surface area contributed by atoms with Gasteiger partial charge in [0.25, 0.3) is 0 Å². The lowest BCUT2D eigenvalue weighted by Gasteiger charge is -2.24. The summed E-state index contributed by atoms with van der Waals surface area (Å²) in [5.41, 5.74) is -1.83. The molecule has 1 saturated carbocycles. The zero-order valence-corrected chi connectivity index (χ0v) is 13.0. The van der Waals surface area contributed by atoms with E-state index < -0.39 is 36.3 Å². The molecule has 0 unspecified atom stereocenters. The van der Waals surface area contributed by atoms with Crippen molar-refractivity contribution in [2.24, 2.45) is 5.41 Å². The van der Waals surface area contributed by atoms with Crippen LogP contribution in [0.15, 0.2) is 30.3 Å². The monoisotopic (exact) mass is 326 g/mol. The fraction of sp³-hybridized carbons (Fsp3) is 0.529. The number of alkyl halides is 2. The Morgan fingerprint density at radius 1 is 1.17 bits per heavy atom. The van der Waals surface area contributed by atoms with Gasteiger partial charge in [0.2, 0.25) is 0 Å². The highest BCUT2D eigenvalue weighted by Crippen LogP contribution is 2.50. The van der Waals surface area contributed by atoms with Crippen LogP contribution < -0.4 is 0 Å². The van der Waals surface area contributed by atoms with Gasteiger partial charge < -0.3 is 9.47 Å². The first-order valence-corrected chi connectivity index (χ1v) is 7.48. The van der Waals surface area contributed by atoms with Crippen LogP contribution in [-0.4, -0.2) is 30.9 Å². The molecule has 0 aromatic heterocycles. The van der Waals surface area contributed by atoms with Crippen LogP contribution in [0.25, 0.3) is 0 Å². The SMILES string of the molecule is CC(CF)(CF)OC(=O)CC1(C(=O)OCc2ccccc2)CC1. The van der Waals surface area contributed by atoms with Crippen molar-refractivity contribution in [3.8, 4) is 0 Å². The van der Waals surface area contributed by atoms with Crippen molar-refractivity contribution in [1.29, 1.82) is 0 Å². The highest BCUT2D eigenvalue weighted by atomic mass is 19.1. The third-order valence-corrected chi connectivity index (χ3v) is 3.91. The molecule has 1 aromatic rings. The number of carbonyl (C=O) groups is 2. The fourth-order valence-electron chi connectivity index (χ4n) is 2.16. The first-order chi connectivity index (χ1) is 10.9. The van der Waals surface area contributed by atoms with Crippen LogP contribution in [-0.2, 0) is 25.7 Å². The molecule has 6 heteroatoms. The summed E-state index contributed by atoms with van der Waals surface area (Å²) in [5.74, 6) is -1.25. The van der Waals surface area contributed by atoms with E-state index in [1.807, 2.05) is 30.3 Å². The predicted octanol–water partition coefficient (Wildman–Crippen LogP) is 3.14. The molecule has 0 heterocycles. The number of hydrogen-bond acceptors (Lipinski definition) is 4. The largest absolute Gasteiger partial charge is 0.460 e. The molecule has 4 nitrogen and oxygen atoms in total. The zero-order valence-electron chi connectivity index (χ0n) is 13.0. The van der Waals surface area contributed by atoms with E-state index >= 15 is 0 Å². The summed E-state index contributed by atoms with van der Waals surface area (Å²) in [4.78, 5) is 24.0. The highest BCUT2D eigenvalue weighted by Gasteiger charge is 2.53. The summed E-state index contributed by atoms with van der Waals surface area (Å²) in [5, 5.41) is 0. The van der Waals surface area contributed by atoms with Crippen molar-refractivity contribution in [1.82, 2.24) is 0 Å². The summed E-state index contributed by atoms with van der Waals surface area (Å²) < 4.78 is 35.5. The average Bonchev–Trinajstić information content (AvgIpc) is 3.34. The molecule has 1 fully saturated rings. The molecular formula is C17H20F2O4. The second kappa shape index (κ2) is 7.06. The van der Waals surface area contributed by atoms with E-state index in [0.717, 1.165) is 5.56 Å². The number of carbonyl (C=O) groups excluding carboxylic acids is 2. The quantitative estimate of drug-likeness (QED) is 0.689. The van der Waals surface area contributed by atoms with Gasteiger partial charge in [-0.15, -0.1) is 0 Å². The molecule has 0 N–H and O–H groups in total. The minimum Gasteiger partial charge on any atom is -0.460 e. The molecule has 0 aliphatic heterocycles. The summed E-state index contributed by atoms with van der Waals surface area (Å²) in [6.45, 7) is -0.914. The first-order valence-electron chi connectivity index (χ1n) is 7.48. The number of esters is 2. The van der Waals surface area contributed by atoms with E-state index in [2.05, 4.69) is 0 Å². The zero-order chi connectivity index (χ0) is 16.9. The Morgan fingerprint density at radius 3 is 2.30 bits per heavy atom. The molecule has 0 spiro atoms. The second-order valence-electron chi connectivity index (χ2n) is 6.21.